The van der Waals surface area contributed by atoms with Crippen molar-refractivity contribution in [1.29, 1.82) is 5.26 Å². The third-order valence-electron chi connectivity index (χ3n) is 4.80. The second-order valence-corrected chi connectivity index (χ2v) is 6.50. The van der Waals surface area contributed by atoms with E-state index in [0.29, 0.717) is 56.2 Å². The summed E-state index contributed by atoms with van der Waals surface area (Å²) in [5.41, 5.74) is 1.70. The smallest absolute Gasteiger partial charge is 0.272 e. The van der Waals surface area contributed by atoms with Crippen molar-refractivity contribution in [2.24, 2.45) is 0 Å². The van der Waals surface area contributed by atoms with Gasteiger partial charge in [0.1, 0.15) is 17.8 Å². The van der Waals surface area contributed by atoms with Crippen molar-refractivity contribution in [2.75, 3.05) is 31.6 Å². The Morgan fingerprint density at radius 2 is 1.85 bits per heavy atom. The Balaban J connectivity index is 1.42. The van der Waals surface area contributed by atoms with Gasteiger partial charge in [0.25, 0.3) is 5.91 Å². The average molecular weight is 365 g/mol. The van der Waals surface area contributed by atoms with Crippen molar-refractivity contribution in [3.63, 3.8) is 0 Å². The van der Waals surface area contributed by atoms with E-state index in [1.54, 1.807) is 35.2 Å². The van der Waals surface area contributed by atoms with Crippen molar-refractivity contribution in [1.82, 2.24) is 14.9 Å². The van der Waals surface area contributed by atoms with E-state index in [4.69, 9.17) is 14.7 Å². The van der Waals surface area contributed by atoms with Gasteiger partial charge in [0.2, 0.25) is 0 Å². The summed E-state index contributed by atoms with van der Waals surface area (Å²) >= 11 is 0. The zero-order valence-corrected chi connectivity index (χ0v) is 14.7. The van der Waals surface area contributed by atoms with Crippen LogP contribution in [0.25, 0.3) is 0 Å². The number of carbonyl (C=O) groups is 1. The van der Waals surface area contributed by atoms with Crippen LogP contribution in [0.2, 0.25) is 0 Å². The van der Waals surface area contributed by atoms with Crippen LogP contribution in [-0.4, -0.2) is 52.9 Å². The molecule has 8 nitrogen and oxygen atoms in total. The van der Waals surface area contributed by atoms with E-state index < -0.39 is 5.79 Å². The predicted molar refractivity (Wildman–Crippen MR) is 96.2 cm³/mol. The number of amides is 1. The number of likely N-dealkylation sites (tertiary alicyclic amines) is 1. The third-order valence-corrected chi connectivity index (χ3v) is 4.80. The van der Waals surface area contributed by atoms with Crippen molar-refractivity contribution in [3.8, 4) is 6.07 Å². The maximum absolute atomic E-state index is 12.8. The second kappa shape index (κ2) is 7.31. The van der Waals surface area contributed by atoms with Gasteiger partial charge < -0.3 is 19.7 Å². The van der Waals surface area contributed by atoms with Crippen LogP contribution in [0.4, 0.5) is 11.5 Å². The van der Waals surface area contributed by atoms with E-state index in [0.717, 1.165) is 5.69 Å². The van der Waals surface area contributed by atoms with Gasteiger partial charge in [-0.2, -0.15) is 5.26 Å². The fourth-order valence-electron chi connectivity index (χ4n) is 3.32. The number of benzene rings is 1. The number of hydrogen-bond donors (Lipinski definition) is 1. The molecule has 0 saturated carbocycles. The van der Waals surface area contributed by atoms with Gasteiger partial charge in [0.05, 0.1) is 24.8 Å². The molecule has 0 unspecified atom stereocenters. The quantitative estimate of drug-likeness (QED) is 0.888. The van der Waals surface area contributed by atoms with Crippen LogP contribution in [-0.2, 0) is 9.47 Å². The molecule has 2 aliphatic heterocycles. The molecule has 138 valence electrons. The molecule has 0 atom stereocenters. The molecule has 8 heteroatoms. The number of nitriles is 1. The fourth-order valence-corrected chi connectivity index (χ4v) is 3.32. The van der Waals surface area contributed by atoms with E-state index >= 15 is 0 Å². The Kier molecular flexibility index (Phi) is 4.71. The van der Waals surface area contributed by atoms with Crippen molar-refractivity contribution in [2.45, 2.75) is 18.6 Å². The topological polar surface area (TPSA) is 100 Å². The number of ether oxygens (including phenoxy) is 2. The molecule has 1 N–H and O–H groups in total. The lowest BCUT2D eigenvalue weighted by atomic mass is 10.0. The first-order chi connectivity index (χ1) is 13.2. The monoisotopic (exact) mass is 365 g/mol. The summed E-state index contributed by atoms with van der Waals surface area (Å²) in [7, 11) is 0. The van der Waals surface area contributed by atoms with Crippen LogP contribution < -0.4 is 5.32 Å². The SMILES string of the molecule is N#Cc1ccc(Nc2cc(C(=O)N3CCC4(CC3)OCCO4)ncn2)cc1. The molecule has 2 fully saturated rings. The maximum Gasteiger partial charge on any atom is 0.272 e. The van der Waals surface area contributed by atoms with Crippen LogP contribution in [0.1, 0.15) is 28.9 Å². The Bertz CT molecular complexity index is 862. The molecule has 2 aliphatic rings. The van der Waals surface area contributed by atoms with E-state index in [2.05, 4.69) is 21.4 Å². The molecular weight excluding hydrogens is 346 g/mol. The number of nitrogens with one attached hydrogen (secondary N) is 1. The molecule has 2 saturated heterocycles. The minimum Gasteiger partial charge on any atom is -0.347 e. The summed E-state index contributed by atoms with van der Waals surface area (Å²) in [6, 6.07) is 10.7. The molecule has 1 amide bonds. The summed E-state index contributed by atoms with van der Waals surface area (Å²) in [4.78, 5) is 22.8. The van der Waals surface area contributed by atoms with E-state index in [-0.39, 0.29) is 5.91 Å². The minimum absolute atomic E-state index is 0.131. The number of carbonyl (C=O) groups excluding carboxylic acids is 1. The third kappa shape index (κ3) is 3.74. The van der Waals surface area contributed by atoms with E-state index in [9.17, 15) is 4.79 Å². The zero-order valence-electron chi connectivity index (χ0n) is 14.7. The number of aromatic nitrogens is 2. The van der Waals surface area contributed by atoms with Gasteiger partial charge in [-0.05, 0) is 24.3 Å². The van der Waals surface area contributed by atoms with E-state index in [1.165, 1.54) is 6.33 Å². The van der Waals surface area contributed by atoms with Crippen LogP contribution in [0.5, 0.6) is 0 Å². The van der Waals surface area contributed by atoms with Gasteiger partial charge in [-0.25, -0.2) is 9.97 Å². The maximum atomic E-state index is 12.8. The Morgan fingerprint density at radius 3 is 2.52 bits per heavy atom. The second-order valence-electron chi connectivity index (χ2n) is 6.50. The molecule has 0 aliphatic carbocycles. The zero-order chi connectivity index (χ0) is 18.7. The van der Waals surface area contributed by atoms with Gasteiger partial charge >= 0.3 is 0 Å². The lowest BCUT2D eigenvalue weighted by Crippen LogP contribution is -2.47. The van der Waals surface area contributed by atoms with Crippen molar-refractivity contribution in [3.05, 3.63) is 47.9 Å². The van der Waals surface area contributed by atoms with Crippen LogP contribution in [0.3, 0.4) is 0 Å². The highest BCUT2D eigenvalue weighted by Gasteiger charge is 2.41. The summed E-state index contributed by atoms with van der Waals surface area (Å²) in [5, 5.41) is 12.0. The lowest BCUT2D eigenvalue weighted by Gasteiger charge is -2.37. The minimum atomic E-state index is -0.509. The fraction of sp³-hybridized carbons (Fsp3) is 0.368. The van der Waals surface area contributed by atoms with E-state index in [1.807, 2.05) is 0 Å². The molecule has 4 rings (SSSR count). The van der Waals surface area contributed by atoms with Gasteiger partial charge in [0, 0.05) is 37.7 Å². The van der Waals surface area contributed by atoms with Crippen LogP contribution in [0, 0.1) is 11.3 Å². The average Bonchev–Trinajstić information content (AvgIpc) is 3.17. The first kappa shape index (κ1) is 17.4. The highest BCUT2D eigenvalue weighted by Crippen LogP contribution is 2.31. The molecule has 3 heterocycles. The normalized spacial score (nSPS) is 18.3. The molecule has 2 aromatic rings. The number of nitrogens with zero attached hydrogens (tertiary/aromatic N) is 4. The number of rotatable bonds is 3. The standard InChI is InChI=1S/C19H19N5O3/c20-12-14-1-3-15(4-2-14)23-17-11-16(21-13-22-17)18(25)24-7-5-19(6-8-24)26-9-10-27-19/h1-4,11,13H,5-10H2,(H,21,22,23). The molecule has 1 spiro atoms. The first-order valence-corrected chi connectivity index (χ1v) is 8.84. The molecule has 1 aromatic carbocycles. The van der Waals surface area contributed by atoms with Crippen molar-refractivity contribution >= 4 is 17.4 Å². The largest absolute Gasteiger partial charge is 0.347 e. The highest BCUT2D eigenvalue weighted by molar-refractivity contribution is 5.93. The summed E-state index contributed by atoms with van der Waals surface area (Å²) in [6.45, 7) is 2.37. The van der Waals surface area contributed by atoms with Gasteiger partial charge in [0.15, 0.2) is 5.79 Å². The molecule has 1 aromatic heterocycles. The van der Waals surface area contributed by atoms with Gasteiger partial charge in [-0.15, -0.1) is 0 Å². The predicted octanol–water partition coefficient (Wildman–Crippen LogP) is 2.07. The Morgan fingerprint density at radius 1 is 1.15 bits per heavy atom. The summed E-state index contributed by atoms with van der Waals surface area (Å²) < 4.78 is 11.4. The van der Waals surface area contributed by atoms with Crippen LogP contribution >= 0.6 is 0 Å². The molecule has 0 radical (unpaired) electrons. The molecule has 0 bridgehead atoms. The van der Waals surface area contributed by atoms with Crippen molar-refractivity contribution < 1.29 is 14.3 Å². The number of anilines is 2. The Hall–Kier alpha value is -3.02. The molecular formula is C19H19N5O3. The van der Waals surface area contributed by atoms with Gasteiger partial charge in [-0.1, -0.05) is 0 Å². The number of piperidine rings is 1. The first-order valence-electron chi connectivity index (χ1n) is 8.84. The lowest BCUT2D eigenvalue weighted by molar-refractivity contribution is -0.181. The highest BCUT2D eigenvalue weighted by atomic mass is 16.7. The number of hydrogen-bond acceptors (Lipinski definition) is 7. The summed E-state index contributed by atoms with van der Waals surface area (Å²) in [6.07, 6.45) is 2.70. The molecule has 27 heavy (non-hydrogen) atoms. The Labute approximate surface area is 156 Å². The van der Waals surface area contributed by atoms with Crippen LogP contribution in [0.15, 0.2) is 36.7 Å². The van der Waals surface area contributed by atoms with Gasteiger partial charge in [-0.3, -0.25) is 4.79 Å². The summed E-state index contributed by atoms with van der Waals surface area (Å²) in [5.74, 6) is -0.118.